The van der Waals surface area contributed by atoms with Crippen LogP contribution in [0.4, 0.5) is 0 Å². The zero-order chi connectivity index (χ0) is 14.4. The van der Waals surface area contributed by atoms with Gasteiger partial charge in [-0.05, 0) is 34.7 Å². The summed E-state index contributed by atoms with van der Waals surface area (Å²) in [7, 11) is 0. The molecule has 0 atom stereocenters. The summed E-state index contributed by atoms with van der Waals surface area (Å²) in [5.41, 5.74) is 1.02. The van der Waals surface area contributed by atoms with Crippen LogP contribution in [-0.4, -0.2) is 33.3 Å². The SMILES string of the molecule is CCNCCn1nnnc1SCc1ccc(Cl)cc1Cl. The number of benzene rings is 1. The van der Waals surface area contributed by atoms with Gasteiger partial charge < -0.3 is 5.32 Å². The predicted octanol–water partition coefficient (Wildman–Crippen LogP) is 2.88. The maximum Gasteiger partial charge on any atom is 0.209 e. The van der Waals surface area contributed by atoms with Crippen molar-refractivity contribution in [1.82, 2.24) is 25.5 Å². The molecule has 0 aliphatic rings. The number of nitrogens with one attached hydrogen (secondary N) is 1. The van der Waals surface area contributed by atoms with Crippen molar-refractivity contribution in [2.24, 2.45) is 0 Å². The quantitative estimate of drug-likeness (QED) is 0.624. The summed E-state index contributed by atoms with van der Waals surface area (Å²) in [6.45, 7) is 4.59. The standard InChI is InChI=1S/C12H15Cl2N5S/c1-2-15-5-6-19-12(16-17-18-19)20-8-9-3-4-10(13)7-11(9)14/h3-4,7,15H,2,5-6,8H2,1H3. The van der Waals surface area contributed by atoms with E-state index in [1.807, 2.05) is 12.1 Å². The fourth-order valence-corrected chi connectivity index (χ4v) is 3.04. The fraction of sp³-hybridized carbons (Fsp3) is 0.417. The summed E-state index contributed by atoms with van der Waals surface area (Å²) >= 11 is 13.6. The lowest BCUT2D eigenvalue weighted by molar-refractivity contribution is 0.517. The monoisotopic (exact) mass is 331 g/mol. The average Bonchev–Trinajstić information content (AvgIpc) is 2.86. The number of tetrazole rings is 1. The van der Waals surface area contributed by atoms with Crippen molar-refractivity contribution in [1.29, 1.82) is 0 Å². The predicted molar refractivity (Wildman–Crippen MR) is 82.4 cm³/mol. The lowest BCUT2D eigenvalue weighted by Gasteiger charge is -2.06. The molecule has 2 aromatic rings. The van der Waals surface area contributed by atoms with Crippen molar-refractivity contribution < 1.29 is 0 Å². The highest BCUT2D eigenvalue weighted by atomic mass is 35.5. The van der Waals surface area contributed by atoms with Crippen molar-refractivity contribution in [3.8, 4) is 0 Å². The molecular formula is C12H15Cl2N5S. The molecule has 5 nitrogen and oxygen atoms in total. The maximum atomic E-state index is 6.15. The average molecular weight is 332 g/mol. The first-order chi connectivity index (χ1) is 9.70. The van der Waals surface area contributed by atoms with Gasteiger partial charge >= 0.3 is 0 Å². The van der Waals surface area contributed by atoms with Gasteiger partial charge in [0.05, 0.1) is 6.54 Å². The van der Waals surface area contributed by atoms with E-state index in [-0.39, 0.29) is 0 Å². The first-order valence-corrected chi connectivity index (χ1v) is 7.98. The third-order valence-corrected chi connectivity index (χ3v) is 4.21. The molecule has 1 aromatic heterocycles. The highest BCUT2D eigenvalue weighted by Crippen LogP contribution is 2.27. The van der Waals surface area contributed by atoms with Gasteiger partial charge in [0.1, 0.15) is 0 Å². The van der Waals surface area contributed by atoms with Gasteiger partial charge in [-0.1, -0.05) is 48.0 Å². The van der Waals surface area contributed by atoms with Crippen LogP contribution in [0.25, 0.3) is 0 Å². The molecule has 0 saturated carbocycles. The molecule has 8 heteroatoms. The summed E-state index contributed by atoms with van der Waals surface area (Å²) in [6, 6.07) is 5.50. The highest BCUT2D eigenvalue weighted by molar-refractivity contribution is 7.98. The highest BCUT2D eigenvalue weighted by Gasteiger charge is 2.08. The first-order valence-electron chi connectivity index (χ1n) is 6.24. The smallest absolute Gasteiger partial charge is 0.209 e. The Morgan fingerprint density at radius 1 is 1.35 bits per heavy atom. The number of nitrogens with zero attached hydrogens (tertiary/aromatic N) is 4. The molecule has 0 bridgehead atoms. The Morgan fingerprint density at radius 3 is 2.95 bits per heavy atom. The van der Waals surface area contributed by atoms with Crippen molar-refractivity contribution >= 4 is 35.0 Å². The Morgan fingerprint density at radius 2 is 2.20 bits per heavy atom. The zero-order valence-electron chi connectivity index (χ0n) is 11.0. The van der Waals surface area contributed by atoms with Gasteiger partial charge in [0.2, 0.25) is 5.16 Å². The Labute approximate surface area is 132 Å². The molecule has 20 heavy (non-hydrogen) atoms. The molecule has 0 unspecified atom stereocenters. The van der Waals surface area contributed by atoms with Crippen LogP contribution >= 0.6 is 35.0 Å². The second kappa shape index (κ2) is 7.83. The van der Waals surface area contributed by atoms with Gasteiger partial charge in [-0.15, -0.1) is 5.10 Å². The Kier molecular flexibility index (Phi) is 6.09. The summed E-state index contributed by atoms with van der Waals surface area (Å²) in [4.78, 5) is 0. The molecule has 0 aliphatic carbocycles. The minimum Gasteiger partial charge on any atom is -0.315 e. The van der Waals surface area contributed by atoms with Crippen LogP contribution in [0.3, 0.4) is 0 Å². The van der Waals surface area contributed by atoms with E-state index in [4.69, 9.17) is 23.2 Å². The van der Waals surface area contributed by atoms with Gasteiger partial charge in [-0.3, -0.25) is 0 Å². The fourth-order valence-electron chi connectivity index (χ4n) is 1.58. The van der Waals surface area contributed by atoms with Gasteiger partial charge in [0.25, 0.3) is 0 Å². The molecule has 0 amide bonds. The number of hydrogen-bond donors (Lipinski definition) is 1. The van der Waals surface area contributed by atoms with Gasteiger partial charge in [-0.25, -0.2) is 4.68 Å². The van der Waals surface area contributed by atoms with Crippen LogP contribution in [0.5, 0.6) is 0 Å². The minimum atomic E-state index is 0.638. The van der Waals surface area contributed by atoms with Gasteiger partial charge in [-0.2, -0.15) is 0 Å². The molecule has 108 valence electrons. The molecule has 0 spiro atoms. The number of likely N-dealkylation sites (N-methyl/N-ethyl adjacent to an activating group) is 1. The van der Waals surface area contributed by atoms with Crippen molar-refractivity contribution in [2.45, 2.75) is 24.4 Å². The van der Waals surface area contributed by atoms with Gasteiger partial charge in [0, 0.05) is 22.3 Å². The van der Waals surface area contributed by atoms with E-state index >= 15 is 0 Å². The van der Waals surface area contributed by atoms with Crippen LogP contribution in [0.2, 0.25) is 10.0 Å². The second-order valence-electron chi connectivity index (χ2n) is 4.06. The normalized spacial score (nSPS) is 10.9. The van der Waals surface area contributed by atoms with Crippen LogP contribution in [0.15, 0.2) is 23.4 Å². The molecule has 0 saturated heterocycles. The topological polar surface area (TPSA) is 55.6 Å². The molecule has 2 rings (SSSR count). The van der Waals surface area contributed by atoms with Crippen LogP contribution in [-0.2, 0) is 12.3 Å². The summed E-state index contributed by atoms with van der Waals surface area (Å²) in [6.07, 6.45) is 0. The Balaban J connectivity index is 1.95. The van der Waals surface area contributed by atoms with E-state index < -0.39 is 0 Å². The van der Waals surface area contributed by atoms with Crippen molar-refractivity contribution in [3.63, 3.8) is 0 Å². The van der Waals surface area contributed by atoms with Crippen molar-refractivity contribution in [3.05, 3.63) is 33.8 Å². The number of hydrogen-bond acceptors (Lipinski definition) is 5. The molecule has 1 heterocycles. The Hall–Kier alpha value is -0.820. The van der Waals surface area contributed by atoms with Crippen LogP contribution < -0.4 is 5.32 Å². The maximum absolute atomic E-state index is 6.15. The summed E-state index contributed by atoms with van der Waals surface area (Å²) in [5, 5.41) is 17.0. The molecular weight excluding hydrogens is 317 g/mol. The van der Waals surface area contributed by atoms with Crippen molar-refractivity contribution in [2.75, 3.05) is 13.1 Å². The molecule has 0 aliphatic heterocycles. The zero-order valence-corrected chi connectivity index (χ0v) is 13.3. The molecule has 0 fully saturated rings. The number of rotatable bonds is 7. The first kappa shape index (κ1) is 15.6. The van der Waals surface area contributed by atoms with Crippen LogP contribution in [0, 0.1) is 0 Å². The van der Waals surface area contributed by atoms with E-state index in [0.29, 0.717) is 15.8 Å². The third-order valence-electron chi connectivity index (χ3n) is 2.62. The lowest BCUT2D eigenvalue weighted by atomic mass is 10.2. The molecule has 1 N–H and O–H groups in total. The summed E-state index contributed by atoms with van der Waals surface area (Å²) < 4.78 is 1.79. The van der Waals surface area contributed by atoms with E-state index in [2.05, 4.69) is 27.8 Å². The third kappa shape index (κ3) is 4.34. The number of halogens is 2. The number of thioether (sulfide) groups is 1. The number of aromatic nitrogens is 4. The lowest BCUT2D eigenvalue weighted by Crippen LogP contribution is -2.20. The largest absolute Gasteiger partial charge is 0.315 e. The van der Waals surface area contributed by atoms with Crippen LogP contribution in [0.1, 0.15) is 12.5 Å². The molecule has 0 radical (unpaired) electrons. The van der Waals surface area contributed by atoms with E-state index in [0.717, 1.165) is 30.4 Å². The van der Waals surface area contributed by atoms with E-state index in [1.165, 1.54) is 0 Å². The van der Waals surface area contributed by atoms with E-state index in [9.17, 15) is 0 Å². The Bertz CT molecular complexity index is 561. The summed E-state index contributed by atoms with van der Waals surface area (Å²) in [5.74, 6) is 0.706. The second-order valence-corrected chi connectivity index (χ2v) is 5.85. The molecule has 1 aromatic carbocycles. The van der Waals surface area contributed by atoms with E-state index in [1.54, 1.807) is 22.5 Å². The van der Waals surface area contributed by atoms with Gasteiger partial charge in [0.15, 0.2) is 0 Å². The minimum absolute atomic E-state index is 0.638.